The van der Waals surface area contributed by atoms with Crippen molar-refractivity contribution in [3.05, 3.63) is 36.4 Å². The number of hydrogen-bond acceptors (Lipinski definition) is 3. The molecule has 0 aliphatic carbocycles. The van der Waals surface area contributed by atoms with E-state index in [2.05, 4.69) is 22.2 Å². The summed E-state index contributed by atoms with van der Waals surface area (Å²) < 4.78 is 27.9. The fourth-order valence-corrected chi connectivity index (χ4v) is 1.78. The van der Waals surface area contributed by atoms with Crippen LogP contribution in [0.4, 0.5) is 8.78 Å². The predicted octanol–water partition coefficient (Wildman–Crippen LogP) is 2.02. The number of halogens is 2. The van der Waals surface area contributed by atoms with E-state index in [0.717, 1.165) is 23.2 Å². The molecular formula is C12H17F2N5. The summed E-state index contributed by atoms with van der Waals surface area (Å²) in [6.07, 6.45) is 7.19. The van der Waals surface area contributed by atoms with E-state index in [1.165, 1.54) is 12.4 Å². The van der Waals surface area contributed by atoms with Gasteiger partial charge in [0.1, 0.15) is 5.82 Å². The zero-order chi connectivity index (χ0) is 13.7. The Morgan fingerprint density at radius 1 is 1.37 bits per heavy atom. The number of imidazole rings is 2. The zero-order valence-electron chi connectivity index (χ0n) is 10.8. The third-order valence-corrected chi connectivity index (χ3v) is 2.70. The number of hydrogen-bond donors (Lipinski definition) is 1. The summed E-state index contributed by atoms with van der Waals surface area (Å²) in [6, 6.07) is 0. The first-order valence-electron chi connectivity index (χ1n) is 6.22. The lowest BCUT2D eigenvalue weighted by atomic mass is 10.4. The van der Waals surface area contributed by atoms with Crippen LogP contribution in [0.5, 0.6) is 0 Å². The molecule has 0 aromatic carbocycles. The molecule has 0 amide bonds. The molecule has 0 radical (unpaired) electrons. The summed E-state index contributed by atoms with van der Waals surface area (Å²) >= 11 is 0. The quantitative estimate of drug-likeness (QED) is 0.782. The molecule has 5 nitrogen and oxygen atoms in total. The van der Waals surface area contributed by atoms with Gasteiger partial charge in [0.2, 0.25) is 0 Å². The molecule has 0 atom stereocenters. The number of aromatic nitrogens is 4. The first-order valence-corrected chi connectivity index (χ1v) is 6.22. The molecule has 1 N–H and O–H groups in total. The van der Waals surface area contributed by atoms with E-state index in [4.69, 9.17) is 0 Å². The van der Waals surface area contributed by atoms with Gasteiger partial charge in [-0.25, -0.2) is 9.97 Å². The van der Waals surface area contributed by atoms with Gasteiger partial charge in [-0.2, -0.15) is 8.78 Å². The van der Waals surface area contributed by atoms with Crippen LogP contribution in [0.2, 0.25) is 0 Å². The second kappa shape index (κ2) is 6.42. The molecule has 2 aromatic rings. The highest BCUT2D eigenvalue weighted by molar-refractivity contribution is 5.00. The number of nitrogens with one attached hydrogen (secondary N) is 1. The van der Waals surface area contributed by atoms with Crippen LogP contribution >= 0.6 is 0 Å². The van der Waals surface area contributed by atoms with Gasteiger partial charge in [-0.1, -0.05) is 6.92 Å². The normalized spacial score (nSPS) is 11.4. The highest BCUT2D eigenvalue weighted by Crippen LogP contribution is 2.13. The number of rotatable bonds is 7. The van der Waals surface area contributed by atoms with E-state index in [1.807, 2.05) is 6.20 Å². The molecule has 0 spiro atoms. The number of nitrogens with zero attached hydrogens (tertiary/aromatic N) is 4. The molecule has 0 saturated heterocycles. The average molecular weight is 269 g/mol. The van der Waals surface area contributed by atoms with E-state index in [0.29, 0.717) is 12.4 Å². The highest BCUT2D eigenvalue weighted by Gasteiger charge is 2.11. The molecule has 2 aromatic heterocycles. The molecular weight excluding hydrogens is 252 g/mol. The van der Waals surface area contributed by atoms with Gasteiger partial charge in [0.15, 0.2) is 0 Å². The first kappa shape index (κ1) is 13.7. The Balaban J connectivity index is 1.97. The molecule has 0 bridgehead atoms. The van der Waals surface area contributed by atoms with Crippen molar-refractivity contribution in [3.8, 4) is 0 Å². The van der Waals surface area contributed by atoms with Crippen molar-refractivity contribution in [1.29, 1.82) is 0 Å². The van der Waals surface area contributed by atoms with Gasteiger partial charge in [0.25, 0.3) is 0 Å². The summed E-state index contributed by atoms with van der Waals surface area (Å²) in [5.74, 6) is 0.320. The maximum Gasteiger partial charge on any atom is 0.319 e. The third kappa shape index (κ3) is 3.60. The smallest absolute Gasteiger partial charge is 0.319 e. The molecule has 0 aliphatic rings. The second-order valence-corrected chi connectivity index (χ2v) is 4.24. The Morgan fingerprint density at radius 3 is 2.95 bits per heavy atom. The van der Waals surface area contributed by atoms with Crippen molar-refractivity contribution in [2.45, 2.75) is 33.0 Å². The van der Waals surface area contributed by atoms with Gasteiger partial charge in [0, 0.05) is 25.1 Å². The summed E-state index contributed by atoms with van der Waals surface area (Å²) in [5.41, 5.74) is 0.892. The van der Waals surface area contributed by atoms with Crippen molar-refractivity contribution < 1.29 is 8.78 Å². The van der Waals surface area contributed by atoms with E-state index < -0.39 is 6.55 Å². The lowest BCUT2D eigenvalue weighted by molar-refractivity contribution is 0.0667. The minimum Gasteiger partial charge on any atom is -0.330 e. The molecule has 2 rings (SSSR count). The monoisotopic (exact) mass is 269 g/mol. The van der Waals surface area contributed by atoms with Crippen LogP contribution in [-0.2, 0) is 13.1 Å². The van der Waals surface area contributed by atoms with E-state index in [1.54, 1.807) is 10.9 Å². The molecule has 7 heteroatoms. The lowest BCUT2D eigenvalue weighted by Crippen LogP contribution is -2.14. The van der Waals surface area contributed by atoms with Gasteiger partial charge in [-0.3, -0.25) is 4.57 Å². The van der Waals surface area contributed by atoms with Crippen LogP contribution in [0.25, 0.3) is 0 Å². The standard InChI is InChI=1S/C12H17F2N5/c1-2-3-15-6-10-7-18(9-17-10)8-11-16-4-5-19(11)12(13)14/h4-5,7,9,12,15H,2-3,6,8H2,1H3. The Hall–Kier alpha value is -1.76. The molecule has 0 aliphatic heterocycles. The van der Waals surface area contributed by atoms with E-state index >= 15 is 0 Å². The SMILES string of the molecule is CCCNCc1cn(Cc2nccn2C(F)F)cn1. The van der Waals surface area contributed by atoms with Crippen LogP contribution < -0.4 is 5.32 Å². The second-order valence-electron chi connectivity index (χ2n) is 4.24. The van der Waals surface area contributed by atoms with Crippen molar-refractivity contribution in [2.24, 2.45) is 0 Å². The highest BCUT2D eigenvalue weighted by atomic mass is 19.3. The summed E-state index contributed by atoms with van der Waals surface area (Å²) in [7, 11) is 0. The Kier molecular flexibility index (Phi) is 4.62. The van der Waals surface area contributed by atoms with Gasteiger partial charge >= 0.3 is 6.55 Å². The fraction of sp³-hybridized carbons (Fsp3) is 0.500. The third-order valence-electron chi connectivity index (χ3n) is 2.70. The Morgan fingerprint density at radius 2 is 2.21 bits per heavy atom. The van der Waals surface area contributed by atoms with Crippen LogP contribution in [-0.4, -0.2) is 25.6 Å². The maximum absolute atomic E-state index is 12.7. The average Bonchev–Trinajstić information content (AvgIpc) is 2.99. The summed E-state index contributed by atoms with van der Waals surface area (Å²) in [6.45, 7) is 1.44. The van der Waals surface area contributed by atoms with Crippen LogP contribution in [0.15, 0.2) is 24.9 Å². The van der Waals surface area contributed by atoms with Crippen LogP contribution in [0.3, 0.4) is 0 Å². The summed E-state index contributed by atoms with van der Waals surface area (Å²) in [5, 5.41) is 3.24. The van der Waals surface area contributed by atoms with Crippen molar-refractivity contribution >= 4 is 0 Å². The molecule has 0 saturated carbocycles. The lowest BCUT2D eigenvalue weighted by Gasteiger charge is -2.06. The molecule has 19 heavy (non-hydrogen) atoms. The van der Waals surface area contributed by atoms with Crippen LogP contribution in [0.1, 0.15) is 31.4 Å². The van der Waals surface area contributed by atoms with Crippen molar-refractivity contribution in [3.63, 3.8) is 0 Å². The van der Waals surface area contributed by atoms with Crippen molar-refractivity contribution in [2.75, 3.05) is 6.54 Å². The number of alkyl halides is 2. The minimum atomic E-state index is -2.56. The predicted molar refractivity (Wildman–Crippen MR) is 66.8 cm³/mol. The Labute approximate surface area is 110 Å². The molecule has 104 valence electrons. The Bertz CT molecular complexity index is 506. The van der Waals surface area contributed by atoms with Gasteiger partial charge < -0.3 is 9.88 Å². The van der Waals surface area contributed by atoms with Crippen LogP contribution in [0, 0.1) is 0 Å². The molecule has 0 fully saturated rings. The van der Waals surface area contributed by atoms with Crippen molar-refractivity contribution in [1.82, 2.24) is 24.4 Å². The molecule has 0 unspecified atom stereocenters. The van der Waals surface area contributed by atoms with Gasteiger partial charge in [-0.15, -0.1) is 0 Å². The topological polar surface area (TPSA) is 47.7 Å². The maximum atomic E-state index is 12.7. The van der Waals surface area contributed by atoms with E-state index in [9.17, 15) is 8.78 Å². The zero-order valence-corrected chi connectivity index (χ0v) is 10.8. The first-order chi connectivity index (χ1) is 9.20. The van der Waals surface area contributed by atoms with Gasteiger partial charge in [0.05, 0.1) is 18.6 Å². The summed E-state index contributed by atoms with van der Waals surface area (Å²) in [4.78, 5) is 8.16. The van der Waals surface area contributed by atoms with E-state index in [-0.39, 0.29) is 6.54 Å². The molecule has 2 heterocycles. The fourth-order valence-electron chi connectivity index (χ4n) is 1.78. The minimum absolute atomic E-state index is 0.290. The van der Waals surface area contributed by atoms with Gasteiger partial charge in [-0.05, 0) is 13.0 Å². The largest absolute Gasteiger partial charge is 0.330 e.